The minimum atomic E-state index is -0.891. The van der Waals surface area contributed by atoms with Crippen LogP contribution >= 0.6 is 11.8 Å². The number of thioether (sulfide) groups is 1. The molecule has 178 valence electrons. The van der Waals surface area contributed by atoms with E-state index in [9.17, 15) is 20.0 Å². The monoisotopic (exact) mass is 470 g/mol. The van der Waals surface area contributed by atoms with Gasteiger partial charge in [0.05, 0.1) is 11.3 Å². The number of carboxylic acids is 1. The van der Waals surface area contributed by atoms with Crippen molar-refractivity contribution in [3.63, 3.8) is 0 Å². The van der Waals surface area contributed by atoms with E-state index in [0.717, 1.165) is 36.5 Å². The highest BCUT2D eigenvalue weighted by Gasteiger charge is 2.31. The lowest BCUT2D eigenvalue weighted by atomic mass is 9.92. The van der Waals surface area contributed by atoms with Gasteiger partial charge in [0.25, 0.3) is 5.69 Å². The summed E-state index contributed by atoms with van der Waals surface area (Å²) in [7, 11) is 0. The number of carbonyl (C=O) groups is 1. The molecule has 0 saturated carbocycles. The Morgan fingerprint density at radius 1 is 1.18 bits per heavy atom. The molecule has 1 saturated heterocycles. The van der Waals surface area contributed by atoms with E-state index in [0.29, 0.717) is 23.6 Å². The summed E-state index contributed by atoms with van der Waals surface area (Å²) in [4.78, 5) is 25.4. The van der Waals surface area contributed by atoms with Crippen molar-refractivity contribution in [2.75, 3.05) is 16.4 Å². The van der Waals surface area contributed by atoms with E-state index in [1.807, 2.05) is 43.0 Å². The van der Waals surface area contributed by atoms with Crippen molar-refractivity contribution in [2.24, 2.45) is 5.92 Å². The third-order valence-corrected chi connectivity index (χ3v) is 7.32. The van der Waals surface area contributed by atoms with Crippen molar-refractivity contribution >= 4 is 34.8 Å². The predicted octanol–water partition coefficient (Wildman–Crippen LogP) is 6.80. The fourth-order valence-corrected chi connectivity index (χ4v) is 5.76. The van der Waals surface area contributed by atoms with E-state index in [4.69, 9.17) is 0 Å². The van der Waals surface area contributed by atoms with Gasteiger partial charge in [0.2, 0.25) is 0 Å². The van der Waals surface area contributed by atoms with Gasteiger partial charge in [-0.2, -0.15) is 11.8 Å². The Balaban J connectivity index is 2.14. The van der Waals surface area contributed by atoms with Gasteiger partial charge in [0, 0.05) is 17.8 Å². The Hall–Kier alpha value is -2.54. The number of nitrogens with zero attached hydrogens (tertiary/aromatic N) is 2. The Morgan fingerprint density at radius 3 is 2.48 bits per heavy atom. The highest BCUT2D eigenvalue weighted by molar-refractivity contribution is 7.99. The van der Waals surface area contributed by atoms with Crippen molar-refractivity contribution in [2.45, 2.75) is 64.8 Å². The lowest BCUT2D eigenvalue weighted by molar-refractivity contribution is -0.384. The van der Waals surface area contributed by atoms with Gasteiger partial charge in [-0.1, -0.05) is 45.0 Å². The molecule has 0 radical (unpaired) electrons. The quantitative estimate of drug-likeness (QED) is 0.304. The number of carboxylic acid groups (broad SMARTS) is 1. The third kappa shape index (κ3) is 6.28. The lowest BCUT2D eigenvalue weighted by Crippen LogP contribution is -2.35. The molecule has 0 aliphatic carbocycles. The van der Waals surface area contributed by atoms with Crippen molar-refractivity contribution in [3.05, 3.63) is 63.7 Å². The fraction of sp³-hybridized carbons (Fsp3) is 0.500. The largest absolute Gasteiger partial charge is 0.481 e. The summed E-state index contributed by atoms with van der Waals surface area (Å²) in [6, 6.07) is 13.7. The maximum absolute atomic E-state index is 12.2. The van der Waals surface area contributed by atoms with Gasteiger partial charge in [-0.05, 0) is 72.3 Å². The number of benzene rings is 2. The Kier molecular flexibility index (Phi) is 8.78. The molecule has 0 aromatic heterocycles. The second kappa shape index (κ2) is 11.5. The molecule has 1 fully saturated rings. The maximum Gasteiger partial charge on any atom is 0.303 e. The zero-order chi connectivity index (χ0) is 24.0. The molecular weight excluding hydrogens is 436 g/mol. The summed E-state index contributed by atoms with van der Waals surface area (Å²) >= 11 is 1.93. The van der Waals surface area contributed by atoms with Crippen LogP contribution in [0.15, 0.2) is 42.5 Å². The number of nitro groups is 1. The van der Waals surface area contributed by atoms with Crippen molar-refractivity contribution in [1.29, 1.82) is 0 Å². The third-order valence-electron chi connectivity index (χ3n) is 6.28. The van der Waals surface area contributed by atoms with Crippen LogP contribution in [0.25, 0.3) is 0 Å². The topological polar surface area (TPSA) is 83.7 Å². The minimum Gasteiger partial charge on any atom is -0.481 e. The van der Waals surface area contributed by atoms with Gasteiger partial charge in [-0.15, -0.1) is 0 Å². The fourth-order valence-electron chi connectivity index (χ4n) is 4.68. The molecule has 1 aliphatic rings. The smallest absolute Gasteiger partial charge is 0.303 e. The van der Waals surface area contributed by atoms with Gasteiger partial charge >= 0.3 is 5.97 Å². The molecule has 33 heavy (non-hydrogen) atoms. The zero-order valence-electron chi connectivity index (χ0n) is 19.7. The van der Waals surface area contributed by atoms with E-state index in [2.05, 4.69) is 30.9 Å². The average molecular weight is 471 g/mol. The van der Waals surface area contributed by atoms with Crippen molar-refractivity contribution < 1.29 is 14.8 Å². The normalized spacial score (nSPS) is 15.4. The van der Waals surface area contributed by atoms with Gasteiger partial charge in [-0.25, -0.2) is 0 Å². The molecule has 1 aliphatic heterocycles. The van der Waals surface area contributed by atoms with E-state index in [1.54, 1.807) is 6.07 Å². The summed E-state index contributed by atoms with van der Waals surface area (Å²) in [6.07, 6.45) is 3.42. The van der Waals surface area contributed by atoms with E-state index < -0.39 is 5.97 Å². The Labute approximate surface area is 200 Å². The number of hydrogen-bond donors (Lipinski definition) is 1. The molecule has 2 aromatic carbocycles. The van der Waals surface area contributed by atoms with Crippen LogP contribution in [0.2, 0.25) is 0 Å². The summed E-state index contributed by atoms with van der Waals surface area (Å²) in [5.41, 5.74) is 3.60. The number of para-hydroxylation sites is 1. The molecule has 0 bridgehead atoms. The van der Waals surface area contributed by atoms with Crippen LogP contribution in [0.5, 0.6) is 0 Å². The Morgan fingerprint density at radius 2 is 1.88 bits per heavy atom. The second-order valence-corrected chi connectivity index (χ2v) is 10.4. The number of hydrogen-bond acceptors (Lipinski definition) is 5. The zero-order valence-corrected chi connectivity index (χ0v) is 20.5. The van der Waals surface area contributed by atoms with Crippen LogP contribution in [0.3, 0.4) is 0 Å². The van der Waals surface area contributed by atoms with Crippen LogP contribution in [0, 0.1) is 16.0 Å². The SMILES string of the molecule is CCC(CC(=O)O)c1ccc(N(c2ccccc2CC(C)C)C2CCSCC2)c([N+](=O)[O-])c1. The standard InChI is InChI=1S/C26H34N2O4S/c1-4-19(17-26(29)30)20-9-10-24(25(16-20)28(31)32)27(22-11-13-33-14-12-22)23-8-6-5-7-21(23)15-18(2)3/h5-10,16,18-19,22H,4,11-15,17H2,1-3H3,(H,29,30). The van der Waals surface area contributed by atoms with Crippen molar-refractivity contribution in [3.8, 4) is 0 Å². The van der Waals surface area contributed by atoms with Crippen LogP contribution in [0.1, 0.15) is 63.5 Å². The summed E-state index contributed by atoms with van der Waals surface area (Å²) in [6.45, 7) is 6.29. The number of aliphatic carboxylic acids is 1. The molecule has 1 atom stereocenters. The first kappa shape index (κ1) is 25.1. The van der Waals surface area contributed by atoms with Crippen LogP contribution in [-0.4, -0.2) is 33.5 Å². The minimum absolute atomic E-state index is 0.0339. The highest BCUT2D eigenvalue weighted by atomic mass is 32.2. The maximum atomic E-state index is 12.2. The van der Waals surface area contributed by atoms with Gasteiger partial charge in [0.15, 0.2) is 0 Å². The molecule has 3 rings (SSSR count). The predicted molar refractivity (Wildman–Crippen MR) is 136 cm³/mol. The molecule has 6 nitrogen and oxygen atoms in total. The van der Waals surface area contributed by atoms with Gasteiger partial charge in [0.1, 0.15) is 5.69 Å². The summed E-state index contributed by atoms with van der Waals surface area (Å²) < 4.78 is 0. The van der Waals surface area contributed by atoms with E-state index in [-0.39, 0.29) is 29.0 Å². The van der Waals surface area contributed by atoms with Crippen LogP contribution in [-0.2, 0) is 11.2 Å². The van der Waals surface area contributed by atoms with Crippen LogP contribution < -0.4 is 4.90 Å². The molecule has 1 N–H and O–H groups in total. The number of rotatable bonds is 10. The van der Waals surface area contributed by atoms with E-state index in [1.165, 1.54) is 5.56 Å². The summed E-state index contributed by atoms with van der Waals surface area (Å²) in [5, 5.41) is 21.5. The first-order chi connectivity index (χ1) is 15.8. The first-order valence-corrected chi connectivity index (χ1v) is 12.9. The lowest BCUT2D eigenvalue weighted by Gasteiger charge is -2.37. The van der Waals surface area contributed by atoms with E-state index >= 15 is 0 Å². The van der Waals surface area contributed by atoms with Crippen molar-refractivity contribution in [1.82, 2.24) is 0 Å². The molecule has 0 amide bonds. The molecular formula is C26H34N2O4S. The average Bonchev–Trinajstić information content (AvgIpc) is 2.79. The van der Waals surface area contributed by atoms with Gasteiger partial charge < -0.3 is 10.0 Å². The molecule has 0 spiro atoms. The Bertz CT molecular complexity index is 973. The molecule has 1 unspecified atom stereocenters. The summed E-state index contributed by atoms with van der Waals surface area (Å²) in [5.74, 6) is 1.40. The van der Waals surface area contributed by atoms with Crippen LogP contribution in [0.4, 0.5) is 17.1 Å². The second-order valence-electron chi connectivity index (χ2n) is 9.15. The molecule has 2 aromatic rings. The molecule has 7 heteroatoms. The first-order valence-electron chi connectivity index (χ1n) is 11.8. The highest BCUT2D eigenvalue weighted by Crippen LogP contribution is 2.42. The van der Waals surface area contributed by atoms with Gasteiger partial charge in [-0.3, -0.25) is 14.9 Å². The number of nitro benzene ring substituents is 1. The number of anilines is 2. The molecule has 1 heterocycles.